The maximum absolute atomic E-state index is 4.81. The highest BCUT2D eigenvalue weighted by atomic mass is 14.8. The molecule has 0 aromatic heterocycles. The highest BCUT2D eigenvalue weighted by molar-refractivity contribution is 5.82. The van der Waals surface area contributed by atoms with Crippen LogP contribution in [0.5, 0.6) is 0 Å². The molecule has 1 nitrogen and oxygen atoms in total. The van der Waals surface area contributed by atoms with Crippen molar-refractivity contribution < 1.29 is 0 Å². The van der Waals surface area contributed by atoms with E-state index in [2.05, 4.69) is 34.6 Å². The van der Waals surface area contributed by atoms with Crippen LogP contribution in [-0.2, 0) is 0 Å². The van der Waals surface area contributed by atoms with Crippen molar-refractivity contribution >= 4 is 5.71 Å². The Morgan fingerprint density at radius 2 is 1.67 bits per heavy atom. The molecule has 1 heteroatoms. The Kier molecular flexibility index (Phi) is 7.72. The van der Waals surface area contributed by atoms with Gasteiger partial charge in [0.25, 0.3) is 0 Å². The number of hydrogen-bond donors (Lipinski definition) is 0. The molecule has 0 fully saturated rings. The summed E-state index contributed by atoms with van der Waals surface area (Å²) in [4.78, 5) is 4.81. The van der Waals surface area contributed by atoms with E-state index in [-0.39, 0.29) is 5.54 Å². The summed E-state index contributed by atoms with van der Waals surface area (Å²) in [5.41, 5.74) is 1.49. The fourth-order valence-corrected chi connectivity index (χ4v) is 2.05. The molecule has 15 heavy (non-hydrogen) atoms. The SMILES string of the molecule is CCCCCCC(C)=NC(C)(C)CCC. The molecule has 90 valence electrons. The normalized spacial score (nSPS) is 13.3. The summed E-state index contributed by atoms with van der Waals surface area (Å²) in [5.74, 6) is 0. The van der Waals surface area contributed by atoms with Crippen molar-refractivity contribution in [3.63, 3.8) is 0 Å². The van der Waals surface area contributed by atoms with Crippen LogP contribution in [0.4, 0.5) is 0 Å². The molecular formula is C14H29N. The average molecular weight is 211 g/mol. The molecule has 0 aliphatic rings. The van der Waals surface area contributed by atoms with Gasteiger partial charge in [-0.05, 0) is 40.0 Å². The van der Waals surface area contributed by atoms with Crippen molar-refractivity contribution in [1.29, 1.82) is 0 Å². The molecule has 0 unspecified atom stereocenters. The second-order valence-electron chi connectivity index (χ2n) is 5.22. The van der Waals surface area contributed by atoms with Gasteiger partial charge >= 0.3 is 0 Å². The number of nitrogens with zero attached hydrogens (tertiary/aromatic N) is 1. The fraction of sp³-hybridized carbons (Fsp3) is 0.929. The van der Waals surface area contributed by atoms with Gasteiger partial charge in [0.15, 0.2) is 0 Å². The Labute approximate surface area is 96.4 Å². The van der Waals surface area contributed by atoms with Crippen molar-refractivity contribution in [1.82, 2.24) is 0 Å². The number of aliphatic imine (C=N–C) groups is 1. The molecule has 0 amide bonds. The lowest BCUT2D eigenvalue weighted by Gasteiger charge is -2.20. The Balaban J connectivity index is 3.85. The van der Waals surface area contributed by atoms with Gasteiger partial charge in [0.1, 0.15) is 0 Å². The van der Waals surface area contributed by atoms with Gasteiger partial charge in [0, 0.05) is 5.71 Å². The quantitative estimate of drug-likeness (QED) is 0.396. The van der Waals surface area contributed by atoms with E-state index in [1.54, 1.807) is 0 Å². The highest BCUT2D eigenvalue weighted by Crippen LogP contribution is 2.17. The van der Waals surface area contributed by atoms with E-state index >= 15 is 0 Å². The topological polar surface area (TPSA) is 12.4 Å². The van der Waals surface area contributed by atoms with Crippen molar-refractivity contribution in [2.24, 2.45) is 4.99 Å². The second-order valence-corrected chi connectivity index (χ2v) is 5.22. The lowest BCUT2D eigenvalue weighted by atomic mass is 9.99. The summed E-state index contributed by atoms with van der Waals surface area (Å²) in [6.45, 7) is 11.2. The minimum absolute atomic E-state index is 0.156. The third kappa shape index (κ3) is 8.65. The molecule has 0 bridgehead atoms. The minimum atomic E-state index is 0.156. The fourth-order valence-electron chi connectivity index (χ4n) is 2.05. The van der Waals surface area contributed by atoms with E-state index in [1.807, 2.05) is 0 Å². The zero-order valence-electron chi connectivity index (χ0n) is 11.4. The molecule has 0 atom stereocenters. The summed E-state index contributed by atoms with van der Waals surface area (Å²) in [6.07, 6.45) is 8.96. The van der Waals surface area contributed by atoms with Gasteiger partial charge in [-0.3, -0.25) is 4.99 Å². The number of unbranched alkanes of at least 4 members (excludes halogenated alkanes) is 3. The lowest BCUT2D eigenvalue weighted by Crippen LogP contribution is -2.18. The summed E-state index contributed by atoms with van der Waals surface area (Å²) in [5, 5.41) is 0. The lowest BCUT2D eigenvalue weighted by molar-refractivity contribution is 0.472. The molecule has 0 rings (SSSR count). The molecule has 0 saturated heterocycles. The van der Waals surface area contributed by atoms with Gasteiger partial charge in [0.2, 0.25) is 0 Å². The van der Waals surface area contributed by atoms with Crippen molar-refractivity contribution in [2.75, 3.05) is 0 Å². The first-order valence-electron chi connectivity index (χ1n) is 6.57. The summed E-state index contributed by atoms with van der Waals surface area (Å²) >= 11 is 0. The molecule has 0 aliphatic carbocycles. The van der Waals surface area contributed by atoms with Gasteiger partial charge in [-0.1, -0.05) is 39.5 Å². The number of hydrogen-bond acceptors (Lipinski definition) is 1. The average Bonchev–Trinajstić information content (AvgIpc) is 2.11. The van der Waals surface area contributed by atoms with Crippen LogP contribution in [0.3, 0.4) is 0 Å². The minimum Gasteiger partial charge on any atom is -0.288 e. The van der Waals surface area contributed by atoms with Crippen LogP contribution in [0, 0.1) is 0 Å². The smallest absolute Gasteiger partial charge is 0.0551 e. The van der Waals surface area contributed by atoms with Crippen LogP contribution in [0.15, 0.2) is 4.99 Å². The van der Waals surface area contributed by atoms with Crippen LogP contribution < -0.4 is 0 Å². The standard InChI is InChI=1S/C14H29N/c1-6-8-9-10-11-13(3)15-14(4,5)12-7-2/h6-12H2,1-5H3. The van der Waals surface area contributed by atoms with E-state index in [9.17, 15) is 0 Å². The first-order valence-corrected chi connectivity index (χ1v) is 6.57. The Morgan fingerprint density at radius 1 is 1.00 bits per heavy atom. The Bertz CT molecular complexity index is 180. The molecule has 0 aromatic carbocycles. The molecule has 0 radical (unpaired) electrons. The maximum Gasteiger partial charge on any atom is 0.0551 e. The van der Waals surface area contributed by atoms with Gasteiger partial charge in [-0.15, -0.1) is 0 Å². The van der Waals surface area contributed by atoms with Crippen molar-refractivity contribution in [3.05, 3.63) is 0 Å². The van der Waals surface area contributed by atoms with Crippen LogP contribution in [0.2, 0.25) is 0 Å². The highest BCUT2D eigenvalue weighted by Gasteiger charge is 2.14. The third-order valence-electron chi connectivity index (χ3n) is 2.75. The molecule has 0 aromatic rings. The zero-order chi connectivity index (χ0) is 11.7. The predicted molar refractivity (Wildman–Crippen MR) is 70.9 cm³/mol. The zero-order valence-corrected chi connectivity index (χ0v) is 11.4. The Morgan fingerprint density at radius 3 is 2.20 bits per heavy atom. The molecular weight excluding hydrogens is 182 g/mol. The first kappa shape index (κ1) is 14.7. The summed E-state index contributed by atoms with van der Waals surface area (Å²) < 4.78 is 0. The van der Waals surface area contributed by atoms with Gasteiger partial charge in [-0.2, -0.15) is 0 Å². The van der Waals surface area contributed by atoms with Crippen molar-refractivity contribution in [2.45, 2.75) is 85.1 Å². The van der Waals surface area contributed by atoms with Crippen LogP contribution in [0.1, 0.15) is 79.6 Å². The van der Waals surface area contributed by atoms with E-state index < -0.39 is 0 Å². The number of rotatable bonds is 8. The maximum atomic E-state index is 4.81. The largest absolute Gasteiger partial charge is 0.288 e. The van der Waals surface area contributed by atoms with Crippen molar-refractivity contribution in [3.8, 4) is 0 Å². The van der Waals surface area contributed by atoms with E-state index in [4.69, 9.17) is 4.99 Å². The van der Waals surface area contributed by atoms with Crippen LogP contribution >= 0.6 is 0 Å². The summed E-state index contributed by atoms with van der Waals surface area (Å²) in [6, 6.07) is 0. The first-order chi connectivity index (χ1) is 7.02. The monoisotopic (exact) mass is 211 g/mol. The van der Waals surface area contributed by atoms with E-state index in [1.165, 1.54) is 50.7 Å². The van der Waals surface area contributed by atoms with Gasteiger partial charge in [0.05, 0.1) is 5.54 Å². The second kappa shape index (κ2) is 7.90. The van der Waals surface area contributed by atoms with Crippen LogP contribution in [0.25, 0.3) is 0 Å². The van der Waals surface area contributed by atoms with Gasteiger partial charge < -0.3 is 0 Å². The van der Waals surface area contributed by atoms with Crippen LogP contribution in [-0.4, -0.2) is 11.3 Å². The van der Waals surface area contributed by atoms with E-state index in [0.717, 1.165) is 0 Å². The Hall–Kier alpha value is -0.330. The molecule has 0 spiro atoms. The molecule has 0 N–H and O–H groups in total. The predicted octanol–water partition coefficient (Wildman–Crippen LogP) is 5.00. The van der Waals surface area contributed by atoms with Gasteiger partial charge in [-0.25, -0.2) is 0 Å². The molecule has 0 aliphatic heterocycles. The molecule has 0 saturated carbocycles. The molecule has 0 heterocycles. The van der Waals surface area contributed by atoms with E-state index in [0.29, 0.717) is 0 Å². The summed E-state index contributed by atoms with van der Waals surface area (Å²) in [7, 11) is 0. The third-order valence-corrected chi connectivity index (χ3v) is 2.75.